The summed E-state index contributed by atoms with van der Waals surface area (Å²) in [6.07, 6.45) is 3.41. The van der Waals surface area contributed by atoms with Gasteiger partial charge in [0.25, 0.3) is 0 Å². The Labute approximate surface area is 350 Å². The van der Waals surface area contributed by atoms with Crippen molar-refractivity contribution in [2.45, 2.75) is 51.5 Å². The molecule has 316 valence electrons. The van der Waals surface area contributed by atoms with Crippen LogP contribution in [0.2, 0.25) is 0 Å². The van der Waals surface area contributed by atoms with Crippen LogP contribution < -0.4 is 34.2 Å². The van der Waals surface area contributed by atoms with Gasteiger partial charge in [-0.05, 0) is 57.6 Å². The molecule has 0 bridgehead atoms. The SMILES string of the molecule is NC(Cc1c[nH]c2ccc(Cn3[nH]c(=O)n(Cc4ccccc4)c3=O)cc12)OC(=O)/C=C\C(=O)OC(N)Cc1c[nH]c2ccc(Cn3[nH]c(=O)n(Cc4ccccc4)c3=O)cc12. The number of hydrogen-bond acceptors (Lipinski definition) is 10. The summed E-state index contributed by atoms with van der Waals surface area (Å²) in [6.45, 7) is 0.514. The van der Waals surface area contributed by atoms with E-state index in [1.165, 1.54) is 9.36 Å². The lowest BCUT2D eigenvalue weighted by molar-refractivity contribution is -0.145. The topological polar surface area (TPSA) is 256 Å². The Balaban J connectivity index is 0.837. The fourth-order valence-electron chi connectivity index (χ4n) is 7.32. The van der Waals surface area contributed by atoms with Gasteiger partial charge >= 0.3 is 34.7 Å². The van der Waals surface area contributed by atoms with Gasteiger partial charge in [0, 0.05) is 59.2 Å². The summed E-state index contributed by atoms with van der Waals surface area (Å²) in [5, 5.41) is 6.80. The fraction of sp³-hybridized carbons (Fsp3) is 0.182. The van der Waals surface area contributed by atoms with Gasteiger partial charge in [0.05, 0.1) is 26.2 Å². The minimum atomic E-state index is -1.07. The number of rotatable bonds is 16. The molecule has 18 heteroatoms. The second kappa shape index (κ2) is 17.7. The molecule has 0 aliphatic heterocycles. The zero-order valence-electron chi connectivity index (χ0n) is 33.2. The first-order chi connectivity index (χ1) is 30.0. The Hall–Kier alpha value is -7.96. The van der Waals surface area contributed by atoms with Crippen molar-refractivity contribution in [1.29, 1.82) is 0 Å². The van der Waals surface area contributed by atoms with Crippen LogP contribution in [0.1, 0.15) is 33.4 Å². The molecular weight excluding hydrogens is 797 g/mol. The number of ether oxygens (including phenoxy) is 2. The maximum Gasteiger partial charge on any atom is 0.347 e. The van der Waals surface area contributed by atoms with E-state index in [9.17, 15) is 28.8 Å². The van der Waals surface area contributed by atoms with Gasteiger partial charge in [-0.15, -0.1) is 0 Å². The molecule has 62 heavy (non-hydrogen) atoms. The number of hydrogen-bond donors (Lipinski definition) is 6. The Morgan fingerprint density at radius 3 is 1.35 bits per heavy atom. The highest BCUT2D eigenvalue weighted by atomic mass is 16.6. The minimum absolute atomic E-state index is 0.115. The van der Waals surface area contributed by atoms with Crippen molar-refractivity contribution < 1.29 is 19.1 Å². The number of nitrogens with one attached hydrogen (secondary N) is 4. The van der Waals surface area contributed by atoms with Gasteiger partial charge in [-0.1, -0.05) is 72.8 Å². The molecule has 8 rings (SSSR count). The Morgan fingerprint density at radius 2 is 0.952 bits per heavy atom. The number of aromatic nitrogens is 8. The van der Waals surface area contributed by atoms with Gasteiger partial charge in [0.2, 0.25) is 0 Å². The molecule has 0 fully saturated rings. The first-order valence-electron chi connectivity index (χ1n) is 19.6. The summed E-state index contributed by atoms with van der Waals surface area (Å²) in [7, 11) is 0. The average Bonchev–Trinajstić information content (AvgIpc) is 3.99. The molecule has 0 spiro atoms. The van der Waals surface area contributed by atoms with E-state index >= 15 is 0 Å². The third kappa shape index (κ3) is 9.25. The molecule has 8 aromatic rings. The first kappa shape index (κ1) is 40.8. The Morgan fingerprint density at radius 1 is 0.548 bits per heavy atom. The van der Waals surface area contributed by atoms with E-state index in [0.717, 1.165) is 76.5 Å². The Bertz CT molecular complexity index is 2950. The zero-order valence-corrected chi connectivity index (χ0v) is 33.2. The number of fused-ring (bicyclic) bond motifs is 2. The summed E-state index contributed by atoms with van der Waals surface area (Å²) in [5.74, 6) is -1.74. The summed E-state index contributed by atoms with van der Waals surface area (Å²) < 4.78 is 15.4. The molecule has 4 aromatic carbocycles. The van der Waals surface area contributed by atoms with Gasteiger partial charge < -0.3 is 19.4 Å². The van der Waals surface area contributed by atoms with Gasteiger partial charge in [0.15, 0.2) is 12.5 Å². The molecule has 18 nitrogen and oxygen atoms in total. The number of H-pyrrole nitrogens is 4. The number of nitrogens with zero attached hydrogens (tertiary/aromatic N) is 4. The van der Waals surface area contributed by atoms with Crippen molar-refractivity contribution in [1.82, 2.24) is 38.7 Å². The monoisotopic (exact) mass is 838 g/mol. The molecular formula is C44H42N10O8. The predicted octanol–water partition coefficient (Wildman–Crippen LogP) is 2.14. The van der Waals surface area contributed by atoms with Crippen molar-refractivity contribution in [3.8, 4) is 0 Å². The number of carbonyl (C=O) groups excluding carboxylic acids is 2. The quantitative estimate of drug-likeness (QED) is 0.0470. The van der Waals surface area contributed by atoms with E-state index in [4.69, 9.17) is 20.9 Å². The van der Waals surface area contributed by atoms with Crippen LogP contribution in [0, 0.1) is 0 Å². The number of carbonyl (C=O) groups is 2. The van der Waals surface area contributed by atoms with Crippen molar-refractivity contribution >= 4 is 33.7 Å². The lowest BCUT2D eigenvalue weighted by Gasteiger charge is -2.12. The summed E-state index contributed by atoms with van der Waals surface area (Å²) in [5.41, 5.74) is 16.6. The molecule has 0 amide bonds. The van der Waals surface area contributed by atoms with E-state index in [2.05, 4.69) is 20.2 Å². The second-order valence-corrected chi connectivity index (χ2v) is 14.8. The number of nitrogens with two attached hydrogens (primary N) is 2. The van der Waals surface area contributed by atoms with Crippen molar-refractivity contribution in [2.24, 2.45) is 11.5 Å². The molecule has 0 aliphatic carbocycles. The van der Waals surface area contributed by atoms with Crippen LogP contribution in [0.15, 0.2) is 141 Å². The third-order valence-corrected chi connectivity index (χ3v) is 10.3. The van der Waals surface area contributed by atoms with Crippen LogP contribution >= 0.6 is 0 Å². The summed E-state index contributed by atoms with van der Waals surface area (Å²) >= 11 is 0. The van der Waals surface area contributed by atoms with E-state index in [1.807, 2.05) is 97.1 Å². The highest BCUT2D eigenvalue weighted by Crippen LogP contribution is 2.23. The maximum atomic E-state index is 13.1. The molecule has 2 atom stereocenters. The largest absolute Gasteiger partial charge is 0.443 e. The standard InChI is InChI=1S/C44H42N10O8/c45-37(19-31-21-47-35-13-11-29(17-33(31)35)25-53-43(59)51(41(57)49-53)23-27-7-3-1-4-8-27)61-39(55)15-16-40(56)62-38(46)20-32-22-48-36-14-12-30(18-34(32)36)26-54-44(60)52(42(58)50-54)24-28-9-5-2-6-10-28/h1-18,21-22,37-38,47-48H,19-20,23-26,45-46H2,(H,49,57)(H,50,58)/b16-15-. The molecule has 0 saturated heterocycles. The van der Waals surface area contributed by atoms with Gasteiger partial charge in [-0.3, -0.25) is 11.5 Å². The van der Waals surface area contributed by atoms with Crippen LogP contribution in [0.5, 0.6) is 0 Å². The summed E-state index contributed by atoms with van der Waals surface area (Å²) in [6, 6.07) is 29.5. The highest BCUT2D eigenvalue weighted by molar-refractivity contribution is 5.92. The molecule has 4 aromatic heterocycles. The number of esters is 2. The zero-order chi connectivity index (χ0) is 43.3. The van der Waals surface area contributed by atoms with E-state index < -0.39 is 47.2 Å². The molecule has 2 unspecified atom stereocenters. The molecule has 0 aliphatic rings. The predicted molar refractivity (Wildman–Crippen MR) is 229 cm³/mol. The molecule has 4 heterocycles. The Kier molecular flexibility index (Phi) is 11.7. The van der Waals surface area contributed by atoms with Gasteiger partial charge in [-0.25, -0.2) is 57.5 Å². The van der Waals surface area contributed by atoms with E-state index in [1.54, 1.807) is 12.4 Å². The van der Waals surface area contributed by atoms with Crippen molar-refractivity contribution in [3.63, 3.8) is 0 Å². The van der Waals surface area contributed by atoms with E-state index in [-0.39, 0.29) is 39.0 Å². The van der Waals surface area contributed by atoms with Gasteiger partial charge in [-0.2, -0.15) is 0 Å². The average molecular weight is 839 g/mol. The van der Waals surface area contributed by atoms with Crippen LogP contribution in [0.4, 0.5) is 0 Å². The maximum absolute atomic E-state index is 13.1. The third-order valence-electron chi connectivity index (χ3n) is 10.3. The lowest BCUT2D eigenvalue weighted by atomic mass is 10.1. The first-order valence-corrected chi connectivity index (χ1v) is 19.6. The molecule has 0 radical (unpaired) electrons. The fourth-order valence-corrected chi connectivity index (χ4v) is 7.32. The van der Waals surface area contributed by atoms with Crippen LogP contribution in [0.3, 0.4) is 0 Å². The summed E-state index contributed by atoms with van der Waals surface area (Å²) in [4.78, 5) is 82.8. The normalized spacial score (nSPS) is 12.6. The highest BCUT2D eigenvalue weighted by Gasteiger charge is 2.17. The molecule has 8 N–H and O–H groups in total. The minimum Gasteiger partial charge on any atom is -0.443 e. The smallest absolute Gasteiger partial charge is 0.347 e. The lowest BCUT2D eigenvalue weighted by Crippen LogP contribution is -2.30. The van der Waals surface area contributed by atoms with Crippen molar-refractivity contribution in [2.75, 3.05) is 0 Å². The van der Waals surface area contributed by atoms with Gasteiger partial charge in [0.1, 0.15) is 0 Å². The van der Waals surface area contributed by atoms with Crippen LogP contribution in [-0.4, -0.2) is 63.1 Å². The van der Waals surface area contributed by atoms with Crippen LogP contribution in [-0.2, 0) is 58.1 Å². The van der Waals surface area contributed by atoms with Crippen molar-refractivity contribution in [3.05, 3.63) is 197 Å². The second-order valence-electron chi connectivity index (χ2n) is 14.8. The molecule has 0 saturated carbocycles. The van der Waals surface area contributed by atoms with E-state index in [0.29, 0.717) is 0 Å². The van der Waals surface area contributed by atoms with Crippen LogP contribution in [0.25, 0.3) is 21.8 Å². The number of aromatic amines is 4. The number of benzene rings is 4.